The number of carbonyl (C=O) groups excluding carboxylic acids is 2. The number of amides is 2. The molecule has 1 heterocycles. The first-order chi connectivity index (χ1) is 10.5. The lowest BCUT2D eigenvalue weighted by Crippen LogP contribution is -2.30. The van der Waals surface area contributed by atoms with Crippen molar-refractivity contribution in [3.8, 4) is 0 Å². The van der Waals surface area contributed by atoms with Gasteiger partial charge in [0.2, 0.25) is 0 Å². The molecule has 0 atom stereocenters. The SMILES string of the molecule is CC(C)OC(=O)NCCOC(=O)Nc1nc2ccccc2s1. The molecule has 2 aromatic rings. The minimum atomic E-state index is -0.613. The Labute approximate surface area is 131 Å². The number of anilines is 1. The van der Waals surface area contributed by atoms with Crippen molar-refractivity contribution in [2.24, 2.45) is 0 Å². The molecular weight excluding hydrogens is 306 g/mol. The zero-order valence-electron chi connectivity index (χ0n) is 12.3. The third-order valence-corrected chi connectivity index (χ3v) is 3.40. The van der Waals surface area contributed by atoms with Crippen molar-refractivity contribution < 1.29 is 19.1 Å². The van der Waals surface area contributed by atoms with Gasteiger partial charge in [0.25, 0.3) is 0 Å². The highest BCUT2D eigenvalue weighted by atomic mass is 32.1. The van der Waals surface area contributed by atoms with Crippen LogP contribution in [0, 0.1) is 0 Å². The summed E-state index contributed by atoms with van der Waals surface area (Å²) in [7, 11) is 0. The lowest BCUT2D eigenvalue weighted by Gasteiger charge is -2.09. The zero-order valence-corrected chi connectivity index (χ0v) is 13.1. The Morgan fingerprint density at radius 1 is 1.27 bits per heavy atom. The molecule has 0 aliphatic rings. The molecular formula is C14H17N3O4S. The maximum Gasteiger partial charge on any atom is 0.413 e. The number of thiazole rings is 1. The molecule has 0 spiro atoms. The fraction of sp³-hybridized carbons (Fsp3) is 0.357. The van der Waals surface area contributed by atoms with Gasteiger partial charge in [-0.1, -0.05) is 23.5 Å². The van der Waals surface area contributed by atoms with Crippen molar-refractivity contribution in [3.05, 3.63) is 24.3 Å². The molecule has 0 aliphatic carbocycles. The van der Waals surface area contributed by atoms with Crippen molar-refractivity contribution in [3.63, 3.8) is 0 Å². The second-order valence-electron chi connectivity index (χ2n) is 4.63. The van der Waals surface area contributed by atoms with Crippen molar-refractivity contribution in [2.75, 3.05) is 18.5 Å². The summed E-state index contributed by atoms with van der Waals surface area (Å²) in [6.45, 7) is 3.73. The van der Waals surface area contributed by atoms with E-state index in [9.17, 15) is 9.59 Å². The number of nitrogens with zero attached hydrogens (tertiary/aromatic N) is 1. The van der Waals surface area contributed by atoms with E-state index < -0.39 is 12.2 Å². The maximum absolute atomic E-state index is 11.6. The van der Waals surface area contributed by atoms with Crippen LogP contribution in [0.2, 0.25) is 0 Å². The third kappa shape index (κ3) is 4.88. The Kier molecular flexibility index (Phi) is 5.54. The molecule has 0 fully saturated rings. The normalized spacial score (nSPS) is 10.5. The average molecular weight is 323 g/mol. The number of carbonyl (C=O) groups is 2. The highest BCUT2D eigenvalue weighted by molar-refractivity contribution is 7.22. The largest absolute Gasteiger partial charge is 0.447 e. The first-order valence-electron chi connectivity index (χ1n) is 6.78. The van der Waals surface area contributed by atoms with E-state index in [2.05, 4.69) is 15.6 Å². The smallest absolute Gasteiger partial charge is 0.413 e. The molecule has 0 unspecified atom stereocenters. The summed E-state index contributed by atoms with van der Waals surface area (Å²) in [5, 5.41) is 5.50. The molecule has 0 radical (unpaired) electrons. The number of ether oxygens (including phenoxy) is 2. The number of nitrogens with one attached hydrogen (secondary N) is 2. The Balaban J connectivity index is 1.70. The number of hydrogen-bond acceptors (Lipinski definition) is 6. The van der Waals surface area contributed by atoms with Gasteiger partial charge in [-0.2, -0.15) is 0 Å². The Morgan fingerprint density at radius 2 is 2.05 bits per heavy atom. The summed E-state index contributed by atoms with van der Waals surface area (Å²) in [4.78, 5) is 27.1. The topological polar surface area (TPSA) is 89.5 Å². The van der Waals surface area contributed by atoms with Crippen LogP contribution in [-0.4, -0.2) is 36.4 Å². The number of fused-ring (bicyclic) bond motifs is 1. The number of benzene rings is 1. The van der Waals surface area contributed by atoms with Crippen molar-refractivity contribution in [1.82, 2.24) is 10.3 Å². The van der Waals surface area contributed by atoms with Gasteiger partial charge in [0.05, 0.1) is 22.9 Å². The Hall–Kier alpha value is -2.35. The van der Waals surface area contributed by atoms with E-state index in [4.69, 9.17) is 9.47 Å². The van der Waals surface area contributed by atoms with Crippen molar-refractivity contribution in [1.29, 1.82) is 0 Å². The zero-order chi connectivity index (χ0) is 15.9. The van der Waals surface area contributed by atoms with Crippen molar-refractivity contribution in [2.45, 2.75) is 20.0 Å². The van der Waals surface area contributed by atoms with E-state index >= 15 is 0 Å². The Morgan fingerprint density at radius 3 is 2.77 bits per heavy atom. The number of rotatable bonds is 5. The quantitative estimate of drug-likeness (QED) is 0.826. The van der Waals surface area contributed by atoms with Gasteiger partial charge in [-0.3, -0.25) is 5.32 Å². The van der Waals surface area contributed by atoms with Crippen LogP contribution in [-0.2, 0) is 9.47 Å². The molecule has 2 N–H and O–H groups in total. The summed E-state index contributed by atoms with van der Waals surface area (Å²) < 4.78 is 10.8. The summed E-state index contributed by atoms with van der Waals surface area (Å²) in [6.07, 6.45) is -1.34. The van der Waals surface area contributed by atoms with E-state index in [0.717, 1.165) is 10.2 Å². The predicted molar refractivity (Wildman–Crippen MR) is 84.2 cm³/mol. The van der Waals surface area contributed by atoms with E-state index in [0.29, 0.717) is 5.13 Å². The minimum Gasteiger partial charge on any atom is -0.447 e. The number of hydrogen-bond donors (Lipinski definition) is 2. The maximum atomic E-state index is 11.6. The van der Waals surface area contributed by atoms with Crippen LogP contribution < -0.4 is 10.6 Å². The van der Waals surface area contributed by atoms with E-state index in [-0.39, 0.29) is 19.3 Å². The fourth-order valence-corrected chi connectivity index (χ4v) is 2.45. The molecule has 0 saturated carbocycles. The molecule has 2 amide bonds. The molecule has 0 saturated heterocycles. The van der Waals surface area contributed by atoms with E-state index in [1.165, 1.54) is 11.3 Å². The summed E-state index contributed by atoms with van der Waals surface area (Å²) in [5.74, 6) is 0. The molecule has 22 heavy (non-hydrogen) atoms. The second kappa shape index (κ2) is 7.60. The van der Waals surface area contributed by atoms with Gasteiger partial charge in [-0.15, -0.1) is 0 Å². The lowest BCUT2D eigenvalue weighted by atomic mass is 10.3. The molecule has 118 valence electrons. The molecule has 7 nitrogen and oxygen atoms in total. The van der Waals surface area contributed by atoms with Gasteiger partial charge < -0.3 is 14.8 Å². The average Bonchev–Trinajstić information content (AvgIpc) is 2.84. The summed E-state index contributed by atoms with van der Waals surface area (Å²) >= 11 is 1.36. The second-order valence-corrected chi connectivity index (χ2v) is 5.66. The molecule has 8 heteroatoms. The van der Waals surface area contributed by atoms with Gasteiger partial charge >= 0.3 is 12.2 Å². The predicted octanol–water partition coefficient (Wildman–Crippen LogP) is 2.98. The van der Waals surface area contributed by atoms with Gasteiger partial charge in [0, 0.05) is 0 Å². The number of alkyl carbamates (subject to hydrolysis) is 1. The highest BCUT2D eigenvalue weighted by Crippen LogP contribution is 2.25. The van der Waals surface area contributed by atoms with Crippen LogP contribution in [0.4, 0.5) is 14.7 Å². The fourth-order valence-electron chi connectivity index (χ4n) is 1.60. The standard InChI is InChI=1S/C14H17N3O4S/c1-9(2)21-13(18)15-7-8-20-14(19)17-12-16-10-5-3-4-6-11(10)22-12/h3-6,9H,7-8H2,1-2H3,(H,15,18)(H,16,17,19). The molecule has 0 bridgehead atoms. The molecule has 2 rings (SSSR count). The first-order valence-corrected chi connectivity index (χ1v) is 7.60. The van der Waals surface area contributed by atoms with Crippen LogP contribution in [0.5, 0.6) is 0 Å². The van der Waals surface area contributed by atoms with Gasteiger partial charge in [-0.25, -0.2) is 14.6 Å². The summed E-state index contributed by atoms with van der Waals surface area (Å²) in [6, 6.07) is 7.58. The molecule has 1 aromatic carbocycles. The van der Waals surface area contributed by atoms with Crippen LogP contribution >= 0.6 is 11.3 Å². The lowest BCUT2D eigenvalue weighted by molar-refractivity contribution is 0.111. The summed E-state index contributed by atoms with van der Waals surface area (Å²) in [5.41, 5.74) is 0.820. The van der Waals surface area contributed by atoms with E-state index in [1.807, 2.05) is 24.3 Å². The minimum absolute atomic E-state index is 0.0456. The Bertz CT molecular complexity index is 623. The van der Waals surface area contributed by atoms with Gasteiger partial charge in [-0.05, 0) is 26.0 Å². The first kappa shape index (κ1) is 16.0. The van der Waals surface area contributed by atoms with Crippen molar-refractivity contribution >= 4 is 38.9 Å². The monoisotopic (exact) mass is 323 g/mol. The van der Waals surface area contributed by atoms with Gasteiger partial charge in [0.1, 0.15) is 6.61 Å². The van der Waals surface area contributed by atoms with Crippen LogP contribution in [0.15, 0.2) is 24.3 Å². The molecule has 0 aliphatic heterocycles. The number of para-hydroxylation sites is 1. The van der Waals surface area contributed by atoms with Crippen LogP contribution in [0.1, 0.15) is 13.8 Å². The molecule has 1 aromatic heterocycles. The van der Waals surface area contributed by atoms with Gasteiger partial charge in [0.15, 0.2) is 5.13 Å². The highest BCUT2D eigenvalue weighted by Gasteiger charge is 2.09. The van der Waals surface area contributed by atoms with Crippen LogP contribution in [0.3, 0.4) is 0 Å². The third-order valence-electron chi connectivity index (χ3n) is 2.45. The van der Waals surface area contributed by atoms with E-state index in [1.54, 1.807) is 13.8 Å². The van der Waals surface area contributed by atoms with Crippen LogP contribution in [0.25, 0.3) is 10.2 Å². The number of aromatic nitrogens is 1.